The number of rotatable bonds is 8. The highest BCUT2D eigenvalue weighted by Crippen LogP contribution is 2.27. The molecule has 2 N–H and O–H groups in total. The van der Waals surface area contributed by atoms with Gasteiger partial charge in [-0.05, 0) is 61.2 Å². The lowest BCUT2D eigenvalue weighted by molar-refractivity contribution is -0.146. The molecule has 0 radical (unpaired) electrons. The van der Waals surface area contributed by atoms with E-state index >= 15 is 0 Å². The first-order valence-corrected chi connectivity index (χ1v) is 10.7. The van der Waals surface area contributed by atoms with Crippen LogP contribution in [0, 0.1) is 11.2 Å². The van der Waals surface area contributed by atoms with Crippen LogP contribution in [0.4, 0.5) is 10.1 Å². The van der Waals surface area contributed by atoms with Crippen molar-refractivity contribution in [2.24, 2.45) is 5.41 Å². The van der Waals surface area contributed by atoms with E-state index in [-0.39, 0.29) is 17.9 Å². The molecule has 3 rings (SSSR count). The number of aryl methyl sites for hydroxylation is 1. The highest BCUT2D eigenvalue weighted by Gasteiger charge is 2.30. The Morgan fingerprint density at radius 2 is 1.45 bits per heavy atom. The summed E-state index contributed by atoms with van der Waals surface area (Å²) in [6.45, 7) is 5.04. The van der Waals surface area contributed by atoms with Crippen LogP contribution >= 0.6 is 0 Å². The van der Waals surface area contributed by atoms with Crippen LogP contribution in [0.2, 0.25) is 0 Å². The number of Topliss-reactive ketones (excluding diaryl/α,β-unsaturated/α-hetero) is 1. The smallest absolute Gasteiger partial charge is 0.309 e. The van der Waals surface area contributed by atoms with Crippen molar-refractivity contribution in [3.05, 3.63) is 89.2 Å². The number of carbonyl (C=O) groups is 3. The molecule has 5 nitrogen and oxygen atoms in total. The highest BCUT2D eigenvalue weighted by molar-refractivity contribution is 6.04. The quantitative estimate of drug-likeness (QED) is 0.416. The molecule has 33 heavy (non-hydrogen) atoms. The zero-order valence-electron chi connectivity index (χ0n) is 18.8. The van der Waals surface area contributed by atoms with Crippen molar-refractivity contribution in [2.45, 2.75) is 33.6 Å². The Hall–Kier alpha value is -3.80. The van der Waals surface area contributed by atoms with Crippen LogP contribution in [0.1, 0.15) is 53.5 Å². The summed E-state index contributed by atoms with van der Waals surface area (Å²) in [7, 11) is 0. The highest BCUT2D eigenvalue weighted by atomic mass is 19.1. The van der Waals surface area contributed by atoms with Crippen LogP contribution in [-0.2, 0) is 11.2 Å². The third-order valence-corrected chi connectivity index (χ3v) is 5.56. The van der Waals surface area contributed by atoms with E-state index in [9.17, 15) is 23.9 Å². The molecule has 1 amide bonds. The third-order valence-electron chi connectivity index (χ3n) is 5.56. The molecule has 0 heterocycles. The van der Waals surface area contributed by atoms with Gasteiger partial charge in [-0.15, -0.1) is 0 Å². The van der Waals surface area contributed by atoms with E-state index in [0.29, 0.717) is 22.3 Å². The van der Waals surface area contributed by atoms with E-state index in [4.69, 9.17) is 0 Å². The summed E-state index contributed by atoms with van der Waals surface area (Å²) >= 11 is 0. The molecule has 0 aromatic heterocycles. The SMILES string of the molecule is CCc1ccc(C(=O)Nc2ccc(-c3ccc(C(=O)CC(C)(C)C(=O)O)cc3)cc2F)cc1. The number of carboxylic acid groups (broad SMARTS) is 1. The summed E-state index contributed by atoms with van der Waals surface area (Å²) in [5, 5.41) is 11.8. The molecule has 3 aromatic carbocycles. The summed E-state index contributed by atoms with van der Waals surface area (Å²) in [6.07, 6.45) is 0.749. The Bertz CT molecular complexity index is 1180. The van der Waals surface area contributed by atoms with Gasteiger partial charge in [-0.3, -0.25) is 14.4 Å². The van der Waals surface area contributed by atoms with Crippen molar-refractivity contribution < 1.29 is 23.9 Å². The van der Waals surface area contributed by atoms with Gasteiger partial charge in [0.1, 0.15) is 5.82 Å². The number of halogens is 1. The number of carbonyl (C=O) groups excluding carboxylic acids is 2. The first-order chi connectivity index (χ1) is 15.6. The summed E-state index contributed by atoms with van der Waals surface area (Å²) < 4.78 is 14.7. The molecule has 3 aromatic rings. The second kappa shape index (κ2) is 9.77. The first-order valence-electron chi connectivity index (χ1n) is 10.7. The molecule has 0 aliphatic carbocycles. The van der Waals surface area contributed by atoms with Gasteiger partial charge in [0.2, 0.25) is 0 Å². The first kappa shape index (κ1) is 23.9. The number of anilines is 1. The number of ketones is 1. The third kappa shape index (κ3) is 5.71. The number of hydrogen-bond acceptors (Lipinski definition) is 3. The maximum absolute atomic E-state index is 14.7. The van der Waals surface area contributed by atoms with Crippen LogP contribution in [0.15, 0.2) is 66.7 Å². The molecular weight excluding hydrogens is 421 g/mol. The molecule has 170 valence electrons. The summed E-state index contributed by atoms with van der Waals surface area (Å²) in [5.74, 6) is -2.27. The molecule has 0 bridgehead atoms. The minimum absolute atomic E-state index is 0.0750. The van der Waals surface area contributed by atoms with E-state index in [1.165, 1.54) is 26.0 Å². The lowest BCUT2D eigenvalue weighted by atomic mass is 9.85. The van der Waals surface area contributed by atoms with Crippen LogP contribution in [0.3, 0.4) is 0 Å². The Kier molecular flexibility index (Phi) is 7.07. The topological polar surface area (TPSA) is 83.5 Å². The molecule has 0 saturated heterocycles. The van der Waals surface area contributed by atoms with Crippen LogP contribution in [0.25, 0.3) is 11.1 Å². The molecule has 0 atom stereocenters. The summed E-state index contributed by atoms with van der Waals surface area (Å²) in [5.41, 5.74) is 2.15. The van der Waals surface area contributed by atoms with Gasteiger partial charge >= 0.3 is 5.97 Å². The van der Waals surface area contributed by atoms with E-state index in [1.54, 1.807) is 42.5 Å². The molecule has 0 unspecified atom stereocenters. The normalized spacial score (nSPS) is 11.2. The van der Waals surface area contributed by atoms with E-state index in [1.807, 2.05) is 19.1 Å². The monoisotopic (exact) mass is 447 g/mol. The average Bonchev–Trinajstić information content (AvgIpc) is 2.80. The average molecular weight is 448 g/mol. The lowest BCUT2D eigenvalue weighted by Gasteiger charge is -2.17. The Morgan fingerprint density at radius 3 is 2.00 bits per heavy atom. The number of carboxylic acids is 1. The predicted octanol–water partition coefficient (Wildman–Crippen LogP) is 5.99. The van der Waals surface area contributed by atoms with Gasteiger partial charge < -0.3 is 10.4 Å². The standard InChI is InChI=1S/C27H26FNO4/c1-4-17-5-7-20(8-6-17)25(31)29-23-14-13-21(15-22(23)28)18-9-11-19(12-10-18)24(30)16-27(2,3)26(32)33/h5-15H,4,16H2,1-3H3,(H,29,31)(H,32,33). The maximum Gasteiger partial charge on any atom is 0.309 e. The van der Waals surface area contributed by atoms with Crippen molar-refractivity contribution in [3.63, 3.8) is 0 Å². The minimum atomic E-state index is -1.16. The van der Waals surface area contributed by atoms with Crippen molar-refractivity contribution in [1.29, 1.82) is 0 Å². The van der Waals surface area contributed by atoms with Crippen molar-refractivity contribution in [1.82, 2.24) is 0 Å². The van der Waals surface area contributed by atoms with Crippen molar-refractivity contribution >= 4 is 23.3 Å². The second-order valence-corrected chi connectivity index (χ2v) is 8.57. The number of benzene rings is 3. The molecule has 0 saturated carbocycles. The van der Waals surface area contributed by atoms with Crippen LogP contribution in [0.5, 0.6) is 0 Å². The molecule has 0 aliphatic heterocycles. The predicted molar refractivity (Wildman–Crippen MR) is 126 cm³/mol. The van der Waals surface area contributed by atoms with E-state index in [2.05, 4.69) is 5.32 Å². The molecular formula is C27H26FNO4. The Balaban J connectivity index is 1.72. The number of amides is 1. The van der Waals surface area contributed by atoms with Gasteiger partial charge in [-0.25, -0.2) is 4.39 Å². The fraction of sp³-hybridized carbons (Fsp3) is 0.222. The lowest BCUT2D eigenvalue weighted by Crippen LogP contribution is -2.26. The molecule has 0 fully saturated rings. The molecule has 0 spiro atoms. The van der Waals surface area contributed by atoms with E-state index < -0.39 is 23.1 Å². The van der Waals surface area contributed by atoms with Gasteiger partial charge in [-0.2, -0.15) is 0 Å². The van der Waals surface area contributed by atoms with Gasteiger partial charge in [0.05, 0.1) is 11.1 Å². The van der Waals surface area contributed by atoms with Gasteiger partial charge in [0.25, 0.3) is 5.91 Å². The zero-order valence-corrected chi connectivity index (χ0v) is 18.8. The van der Waals surface area contributed by atoms with Gasteiger partial charge in [0, 0.05) is 17.5 Å². The Morgan fingerprint density at radius 1 is 0.879 bits per heavy atom. The fourth-order valence-corrected chi connectivity index (χ4v) is 3.31. The summed E-state index contributed by atoms with van der Waals surface area (Å²) in [6, 6.07) is 18.2. The Labute approximate surface area is 192 Å². The van der Waals surface area contributed by atoms with Gasteiger partial charge in [-0.1, -0.05) is 49.4 Å². The van der Waals surface area contributed by atoms with Crippen molar-refractivity contribution in [3.8, 4) is 11.1 Å². The number of nitrogens with one attached hydrogen (secondary N) is 1. The number of hydrogen-bond donors (Lipinski definition) is 2. The zero-order chi connectivity index (χ0) is 24.2. The largest absolute Gasteiger partial charge is 0.481 e. The van der Waals surface area contributed by atoms with Gasteiger partial charge in [0.15, 0.2) is 5.78 Å². The molecule has 0 aliphatic rings. The van der Waals surface area contributed by atoms with Crippen molar-refractivity contribution in [2.75, 3.05) is 5.32 Å². The van der Waals surface area contributed by atoms with E-state index in [0.717, 1.165) is 12.0 Å². The molecule has 6 heteroatoms. The minimum Gasteiger partial charge on any atom is -0.481 e. The second-order valence-electron chi connectivity index (χ2n) is 8.57. The fourth-order valence-electron chi connectivity index (χ4n) is 3.31. The summed E-state index contributed by atoms with van der Waals surface area (Å²) in [4.78, 5) is 36.1. The maximum atomic E-state index is 14.7. The van der Waals surface area contributed by atoms with Crippen LogP contribution in [-0.4, -0.2) is 22.8 Å². The number of aliphatic carboxylic acids is 1. The van der Waals surface area contributed by atoms with Crippen LogP contribution < -0.4 is 5.32 Å².